The molecular formula is C17H27N. The molecule has 18 heavy (non-hydrogen) atoms. The second-order valence-electron chi connectivity index (χ2n) is 5.86. The van der Waals surface area contributed by atoms with Crippen LogP contribution in [-0.2, 0) is 6.42 Å². The van der Waals surface area contributed by atoms with Gasteiger partial charge in [-0.05, 0) is 44.2 Å². The first-order chi connectivity index (χ1) is 8.84. The summed E-state index contributed by atoms with van der Waals surface area (Å²) < 4.78 is 0. The summed E-state index contributed by atoms with van der Waals surface area (Å²) in [6.07, 6.45) is 9.81. The minimum absolute atomic E-state index is 0.593. The molecule has 1 nitrogen and oxygen atoms in total. The van der Waals surface area contributed by atoms with Gasteiger partial charge in [-0.2, -0.15) is 0 Å². The van der Waals surface area contributed by atoms with E-state index in [1.165, 1.54) is 50.6 Å². The quantitative estimate of drug-likeness (QED) is 0.767. The van der Waals surface area contributed by atoms with Crippen LogP contribution in [-0.4, -0.2) is 12.6 Å². The summed E-state index contributed by atoms with van der Waals surface area (Å²) in [5.74, 6) is 0.922. The van der Waals surface area contributed by atoms with Crippen molar-refractivity contribution in [3.05, 3.63) is 35.9 Å². The highest BCUT2D eigenvalue weighted by atomic mass is 14.9. The average Bonchev–Trinajstić information content (AvgIpc) is 2.66. The van der Waals surface area contributed by atoms with Crippen molar-refractivity contribution < 1.29 is 0 Å². The van der Waals surface area contributed by atoms with Crippen molar-refractivity contribution in [3.8, 4) is 0 Å². The number of hydrogen-bond acceptors (Lipinski definition) is 1. The van der Waals surface area contributed by atoms with Crippen LogP contribution in [0, 0.1) is 5.92 Å². The molecule has 0 aliphatic heterocycles. The van der Waals surface area contributed by atoms with Crippen LogP contribution in [0.25, 0.3) is 0 Å². The van der Waals surface area contributed by atoms with Gasteiger partial charge in [0.05, 0.1) is 0 Å². The van der Waals surface area contributed by atoms with E-state index in [4.69, 9.17) is 0 Å². The number of rotatable bonds is 5. The molecule has 1 aliphatic carbocycles. The Morgan fingerprint density at radius 3 is 2.39 bits per heavy atom. The van der Waals surface area contributed by atoms with Gasteiger partial charge in [0.1, 0.15) is 0 Å². The van der Waals surface area contributed by atoms with Crippen LogP contribution in [0.2, 0.25) is 0 Å². The van der Waals surface area contributed by atoms with Gasteiger partial charge in [-0.1, -0.05) is 56.0 Å². The average molecular weight is 245 g/mol. The van der Waals surface area contributed by atoms with E-state index >= 15 is 0 Å². The molecule has 0 bridgehead atoms. The molecule has 1 aromatic carbocycles. The molecule has 1 atom stereocenters. The van der Waals surface area contributed by atoms with Gasteiger partial charge in [0, 0.05) is 6.04 Å². The largest absolute Gasteiger partial charge is 0.314 e. The Morgan fingerprint density at radius 1 is 1.06 bits per heavy atom. The molecule has 0 heterocycles. The molecule has 100 valence electrons. The first-order valence-electron chi connectivity index (χ1n) is 7.62. The van der Waals surface area contributed by atoms with Crippen molar-refractivity contribution in [2.45, 2.75) is 57.9 Å². The lowest BCUT2D eigenvalue weighted by Gasteiger charge is -2.19. The van der Waals surface area contributed by atoms with Gasteiger partial charge in [-0.3, -0.25) is 0 Å². The first kappa shape index (κ1) is 13.6. The Bertz CT molecular complexity index is 312. The van der Waals surface area contributed by atoms with Gasteiger partial charge in [0.2, 0.25) is 0 Å². The van der Waals surface area contributed by atoms with E-state index in [9.17, 15) is 0 Å². The van der Waals surface area contributed by atoms with Gasteiger partial charge >= 0.3 is 0 Å². The summed E-state index contributed by atoms with van der Waals surface area (Å²) >= 11 is 0. The van der Waals surface area contributed by atoms with Gasteiger partial charge in [0.15, 0.2) is 0 Å². The zero-order valence-corrected chi connectivity index (χ0v) is 11.7. The molecule has 0 saturated heterocycles. The predicted octanol–water partition coefficient (Wildman–Crippen LogP) is 4.18. The monoisotopic (exact) mass is 245 g/mol. The van der Waals surface area contributed by atoms with Crippen LogP contribution in [0.4, 0.5) is 0 Å². The molecule has 0 amide bonds. The maximum atomic E-state index is 3.73. The lowest BCUT2D eigenvalue weighted by molar-refractivity contribution is 0.398. The van der Waals surface area contributed by atoms with Crippen molar-refractivity contribution in [2.75, 3.05) is 6.54 Å². The molecule has 0 radical (unpaired) electrons. The maximum absolute atomic E-state index is 3.73. The van der Waals surface area contributed by atoms with E-state index in [0.717, 1.165) is 12.3 Å². The fraction of sp³-hybridized carbons (Fsp3) is 0.647. The summed E-state index contributed by atoms with van der Waals surface area (Å²) in [6.45, 7) is 3.53. The van der Waals surface area contributed by atoms with Crippen LogP contribution in [0.15, 0.2) is 30.3 Å². The summed E-state index contributed by atoms with van der Waals surface area (Å²) in [7, 11) is 0. The minimum Gasteiger partial charge on any atom is -0.314 e. The van der Waals surface area contributed by atoms with E-state index in [1.54, 1.807) is 0 Å². The molecule has 1 N–H and O–H groups in total. The van der Waals surface area contributed by atoms with Crippen LogP contribution >= 0.6 is 0 Å². The fourth-order valence-corrected chi connectivity index (χ4v) is 2.98. The number of nitrogens with one attached hydrogen (secondary N) is 1. The Morgan fingerprint density at radius 2 is 1.72 bits per heavy atom. The van der Waals surface area contributed by atoms with E-state index in [1.807, 2.05) is 0 Å². The Labute approximate surface area is 112 Å². The van der Waals surface area contributed by atoms with Gasteiger partial charge in [-0.15, -0.1) is 0 Å². The lowest BCUT2D eigenvalue weighted by atomic mass is 9.99. The molecule has 1 fully saturated rings. The fourth-order valence-electron chi connectivity index (χ4n) is 2.98. The van der Waals surface area contributed by atoms with E-state index in [0.29, 0.717) is 6.04 Å². The summed E-state index contributed by atoms with van der Waals surface area (Å²) in [5, 5.41) is 3.73. The third kappa shape index (κ3) is 4.81. The van der Waals surface area contributed by atoms with Crippen LogP contribution in [0.5, 0.6) is 0 Å². The standard InChI is InChI=1S/C17H27N/c1-15(13-16-9-7-4-8-10-16)18-14-17-11-5-2-3-6-12-17/h4,7-10,15,17-18H,2-3,5-6,11-14H2,1H3. The Kier molecular flexibility index (Phi) is 5.73. The Hall–Kier alpha value is -0.820. The second-order valence-corrected chi connectivity index (χ2v) is 5.86. The topological polar surface area (TPSA) is 12.0 Å². The van der Waals surface area contributed by atoms with Crippen LogP contribution in [0.1, 0.15) is 51.0 Å². The summed E-state index contributed by atoms with van der Waals surface area (Å²) in [6, 6.07) is 11.4. The zero-order valence-electron chi connectivity index (χ0n) is 11.7. The van der Waals surface area contributed by atoms with E-state index in [2.05, 4.69) is 42.6 Å². The molecule has 1 unspecified atom stereocenters. The van der Waals surface area contributed by atoms with Crippen molar-refractivity contribution in [1.29, 1.82) is 0 Å². The SMILES string of the molecule is CC(Cc1ccccc1)NCC1CCCCCC1. The number of benzene rings is 1. The van der Waals surface area contributed by atoms with Crippen LogP contribution < -0.4 is 5.32 Å². The molecule has 1 heteroatoms. The highest BCUT2D eigenvalue weighted by Crippen LogP contribution is 2.22. The minimum atomic E-state index is 0.593. The van der Waals surface area contributed by atoms with Gasteiger partial charge in [-0.25, -0.2) is 0 Å². The zero-order chi connectivity index (χ0) is 12.6. The van der Waals surface area contributed by atoms with Gasteiger partial charge < -0.3 is 5.32 Å². The van der Waals surface area contributed by atoms with Crippen molar-refractivity contribution in [1.82, 2.24) is 5.32 Å². The highest BCUT2D eigenvalue weighted by Gasteiger charge is 2.13. The molecular weight excluding hydrogens is 218 g/mol. The van der Waals surface area contributed by atoms with Gasteiger partial charge in [0.25, 0.3) is 0 Å². The summed E-state index contributed by atoms with van der Waals surface area (Å²) in [4.78, 5) is 0. The van der Waals surface area contributed by atoms with E-state index < -0.39 is 0 Å². The maximum Gasteiger partial charge on any atom is 0.00792 e. The predicted molar refractivity (Wildman–Crippen MR) is 78.8 cm³/mol. The molecule has 1 aromatic rings. The second kappa shape index (κ2) is 7.58. The molecule has 1 aliphatic rings. The lowest BCUT2D eigenvalue weighted by Crippen LogP contribution is -2.32. The van der Waals surface area contributed by atoms with Crippen molar-refractivity contribution >= 4 is 0 Å². The Balaban J connectivity index is 1.69. The third-order valence-electron chi connectivity index (χ3n) is 4.11. The molecule has 0 spiro atoms. The smallest absolute Gasteiger partial charge is 0.00792 e. The molecule has 2 rings (SSSR count). The van der Waals surface area contributed by atoms with E-state index in [-0.39, 0.29) is 0 Å². The van der Waals surface area contributed by atoms with Crippen LogP contribution in [0.3, 0.4) is 0 Å². The number of hydrogen-bond donors (Lipinski definition) is 1. The first-order valence-corrected chi connectivity index (χ1v) is 7.62. The van der Waals surface area contributed by atoms with Crippen molar-refractivity contribution in [2.24, 2.45) is 5.92 Å². The highest BCUT2D eigenvalue weighted by molar-refractivity contribution is 5.15. The third-order valence-corrected chi connectivity index (χ3v) is 4.11. The molecule has 1 saturated carbocycles. The normalized spacial score (nSPS) is 19.4. The summed E-state index contributed by atoms with van der Waals surface area (Å²) in [5.41, 5.74) is 1.44. The molecule has 0 aromatic heterocycles. The van der Waals surface area contributed by atoms with Crippen molar-refractivity contribution in [3.63, 3.8) is 0 Å².